The van der Waals surface area contributed by atoms with Gasteiger partial charge in [-0.1, -0.05) is 0 Å². The zero-order valence-corrected chi connectivity index (χ0v) is 20.3. The van der Waals surface area contributed by atoms with Gasteiger partial charge in [-0.2, -0.15) is 26.3 Å². The van der Waals surface area contributed by atoms with Crippen LogP contribution < -0.4 is 5.32 Å². The van der Waals surface area contributed by atoms with Crippen LogP contribution in [0.4, 0.5) is 49.1 Å². The first kappa shape index (κ1) is 25.8. The second kappa shape index (κ2) is 8.82. The van der Waals surface area contributed by atoms with Gasteiger partial charge < -0.3 is 5.32 Å². The highest BCUT2D eigenvalue weighted by Gasteiger charge is 2.43. The molecule has 0 aliphatic carbocycles. The molecule has 31 heavy (non-hydrogen) atoms. The summed E-state index contributed by atoms with van der Waals surface area (Å²) in [6.07, 6.45) is -10.5. The summed E-state index contributed by atoms with van der Waals surface area (Å²) in [4.78, 5) is 19.6. The Kier molecular flexibility index (Phi) is 7.34. The van der Waals surface area contributed by atoms with Gasteiger partial charge in [0.05, 0.1) is 37.2 Å². The number of hydrogen-bond acceptors (Lipinski definition) is 5. The number of hydrogen-bond donors (Lipinski definition) is 1. The molecule has 0 bridgehead atoms. The minimum Gasteiger partial charge on any atom is -0.348 e. The SMILES string of the molecule is O=[N+]([O-])c1cc([N+](=O)[O-])c(Nc2c(Br)c(Br)c(Br)c(Br)c2C(F)(F)F)c(C(F)(F)F)c1. The first-order valence-electron chi connectivity index (χ1n) is 7.22. The van der Waals surface area contributed by atoms with Gasteiger partial charge in [-0.15, -0.1) is 0 Å². The van der Waals surface area contributed by atoms with Gasteiger partial charge in [-0.3, -0.25) is 20.2 Å². The molecule has 0 aromatic heterocycles. The van der Waals surface area contributed by atoms with Crippen LogP contribution in [0.5, 0.6) is 0 Å². The summed E-state index contributed by atoms with van der Waals surface area (Å²) in [5, 5.41) is 24.1. The van der Waals surface area contributed by atoms with Crippen LogP contribution in [0.3, 0.4) is 0 Å². The van der Waals surface area contributed by atoms with Crippen LogP contribution in [0.15, 0.2) is 30.0 Å². The van der Waals surface area contributed by atoms with E-state index >= 15 is 0 Å². The van der Waals surface area contributed by atoms with Crippen LogP contribution in [0.2, 0.25) is 0 Å². The Hall–Kier alpha value is -1.46. The van der Waals surface area contributed by atoms with Crippen LogP contribution in [-0.4, -0.2) is 9.85 Å². The van der Waals surface area contributed by atoms with Crippen molar-refractivity contribution in [1.82, 2.24) is 0 Å². The van der Waals surface area contributed by atoms with Gasteiger partial charge in [0.1, 0.15) is 5.69 Å². The number of alkyl halides is 6. The van der Waals surface area contributed by atoms with Gasteiger partial charge in [-0.05, 0) is 63.7 Å². The van der Waals surface area contributed by atoms with E-state index in [2.05, 4.69) is 63.7 Å². The Balaban J connectivity index is 2.98. The van der Waals surface area contributed by atoms with Gasteiger partial charge >= 0.3 is 12.4 Å². The van der Waals surface area contributed by atoms with E-state index in [0.717, 1.165) is 0 Å². The molecule has 0 aliphatic rings. The number of halogens is 10. The molecule has 1 N–H and O–H groups in total. The van der Waals surface area contributed by atoms with Crippen molar-refractivity contribution in [3.63, 3.8) is 0 Å². The van der Waals surface area contributed by atoms with E-state index in [4.69, 9.17) is 0 Å². The van der Waals surface area contributed by atoms with Gasteiger partial charge in [0.25, 0.3) is 11.4 Å². The van der Waals surface area contributed by atoms with Crippen molar-refractivity contribution in [1.29, 1.82) is 0 Å². The van der Waals surface area contributed by atoms with Crippen LogP contribution in [0.25, 0.3) is 0 Å². The molecule has 0 unspecified atom stereocenters. The molecule has 7 nitrogen and oxygen atoms in total. The number of non-ortho nitro benzene ring substituents is 1. The lowest BCUT2D eigenvalue weighted by atomic mass is 10.1. The standard InChI is InChI=1S/C14H3Br4F6N3O4/c15-7-6(14(22,23)24)12(10(18)9(17)8(7)16)25-11-4(13(19,20)21)1-3(26(28)29)2-5(11)27(30)31/h1-2,25H. The Morgan fingerprint density at radius 2 is 1.26 bits per heavy atom. The van der Waals surface area contributed by atoms with Gasteiger partial charge in [0.15, 0.2) is 0 Å². The van der Waals surface area contributed by atoms with Crippen LogP contribution in [0, 0.1) is 20.2 Å². The zero-order chi connectivity index (χ0) is 24.0. The van der Waals surface area contributed by atoms with E-state index in [1.807, 2.05) is 5.32 Å². The molecule has 0 spiro atoms. The monoisotopic (exact) mass is 707 g/mol. The Morgan fingerprint density at radius 3 is 1.68 bits per heavy atom. The summed E-state index contributed by atoms with van der Waals surface area (Å²) in [7, 11) is 0. The Bertz CT molecular complexity index is 1110. The maximum atomic E-state index is 13.7. The fourth-order valence-corrected chi connectivity index (χ4v) is 4.80. The predicted molar refractivity (Wildman–Crippen MR) is 110 cm³/mol. The molecule has 2 aromatic rings. The van der Waals surface area contributed by atoms with Crippen LogP contribution >= 0.6 is 63.7 Å². The number of nitrogens with one attached hydrogen (secondary N) is 1. The third-order valence-electron chi connectivity index (χ3n) is 3.62. The normalized spacial score (nSPS) is 12.1. The van der Waals surface area contributed by atoms with E-state index < -0.39 is 65.0 Å². The number of nitro benzene ring substituents is 2. The van der Waals surface area contributed by atoms with Crippen LogP contribution in [0.1, 0.15) is 11.1 Å². The van der Waals surface area contributed by atoms with Crippen molar-refractivity contribution in [2.24, 2.45) is 0 Å². The van der Waals surface area contributed by atoms with E-state index in [1.54, 1.807) is 0 Å². The minimum absolute atomic E-state index is 0.0144. The number of nitrogens with zero attached hydrogens (tertiary/aromatic N) is 2. The minimum atomic E-state index is -5.38. The lowest BCUT2D eigenvalue weighted by Gasteiger charge is -2.22. The lowest BCUT2D eigenvalue weighted by molar-refractivity contribution is -0.394. The molecule has 0 aliphatic heterocycles. The second-order valence-electron chi connectivity index (χ2n) is 5.53. The molecule has 0 amide bonds. The second-order valence-corrected chi connectivity index (χ2v) is 8.70. The summed E-state index contributed by atoms with van der Waals surface area (Å²) in [6.45, 7) is 0. The van der Waals surface area contributed by atoms with Gasteiger partial charge in [0, 0.05) is 19.5 Å². The molecular formula is C14H3Br4F6N3O4. The van der Waals surface area contributed by atoms with E-state index in [-0.39, 0.29) is 21.1 Å². The van der Waals surface area contributed by atoms with Gasteiger partial charge in [0.2, 0.25) is 0 Å². The maximum Gasteiger partial charge on any atom is 0.419 e. The van der Waals surface area contributed by atoms with E-state index in [1.165, 1.54) is 0 Å². The smallest absolute Gasteiger partial charge is 0.348 e. The fraction of sp³-hybridized carbons (Fsp3) is 0.143. The molecule has 0 fully saturated rings. The predicted octanol–water partition coefficient (Wildman–Crippen LogP) is 8.33. The Labute approximate surface area is 201 Å². The van der Waals surface area contributed by atoms with Crippen molar-refractivity contribution in [3.05, 3.63) is 61.4 Å². The quantitative estimate of drug-likeness (QED) is 0.113. The topological polar surface area (TPSA) is 98.3 Å². The molecule has 2 aromatic carbocycles. The summed E-state index contributed by atoms with van der Waals surface area (Å²) in [5.74, 6) is 0. The molecular weight excluding hydrogens is 708 g/mol. The van der Waals surface area contributed by atoms with Crippen molar-refractivity contribution in [2.45, 2.75) is 12.4 Å². The van der Waals surface area contributed by atoms with Crippen molar-refractivity contribution >= 4 is 86.5 Å². The van der Waals surface area contributed by atoms with Crippen LogP contribution in [-0.2, 0) is 12.4 Å². The summed E-state index contributed by atoms with van der Waals surface area (Å²) < 4.78 is 80.5. The van der Waals surface area contributed by atoms with Gasteiger partial charge in [-0.25, -0.2) is 0 Å². The highest BCUT2D eigenvalue weighted by molar-refractivity contribution is 9.15. The van der Waals surface area contributed by atoms with Crippen molar-refractivity contribution in [3.8, 4) is 0 Å². The highest BCUT2D eigenvalue weighted by atomic mass is 79.9. The molecule has 168 valence electrons. The first-order chi connectivity index (χ1) is 14.0. The molecule has 0 radical (unpaired) electrons. The number of nitro groups is 2. The third-order valence-corrected chi connectivity index (χ3v) is 8.38. The summed E-state index contributed by atoms with van der Waals surface area (Å²) in [5.41, 5.74) is -8.51. The Morgan fingerprint density at radius 1 is 0.742 bits per heavy atom. The lowest BCUT2D eigenvalue weighted by Crippen LogP contribution is -2.15. The molecule has 0 saturated heterocycles. The average molecular weight is 711 g/mol. The third kappa shape index (κ3) is 5.14. The van der Waals surface area contributed by atoms with Crippen molar-refractivity contribution in [2.75, 3.05) is 5.32 Å². The molecule has 17 heteroatoms. The van der Waals surface area contributed by atoms with E-state index in [9.17, 15) is 46.6 Å². The average Bonchev–Trinajstić information content (AvgIpc) is 2.61. The first-order valence-corrected chi connectivity index (χ1v) is 10.4. The summed E-state index contributed by atoms with van der Waals surface area (Å²) in [6, 6.07) is 0.196. The summed E-state index contributed by atoms with van der Waals surface area (Å²) >= 11 is 11.4. The number of benzene rings is 2. The molecule has 0 atom stereocenters. The molecule has 2 rings (SSSR count). The van der Waals surface area contributed by atoms with E-state index in [0.29, 0.717) is 0 Å². The van der Waals surface area contributed by atoms with Crippen molar-refractivity contribution < 1.29 is 36.2 Å². The number of rotatable bonds is 4. The highest BCUT2D eigenvalue weighted by Crippen LogP contribution is 2.53. The fourth-order valence-electron chi connectivity index (χ4n) is 2.36. The zero-order valence-electron chi connectivity index (χ0n) is 14.0. The largest absolute Gasteiger partial charge is 0.419 e. The number of anilines is 2. The molecule has 0 heterocycles. The molecule has 0 saturated carbocycles. The maximum absolute atomic E-state index is 13.7.